The number of thioether (sulfide) groups is 1. The van der Waals surface area contributed by atoms with E-state index in [1.807, 2.05) is 25.1 Å². The predicted octanol–water partition coefficient (Wildman–Crippen LogP) is 3.42. The summed E-state index contributed by atoms with van der Waals surface area (Å²) < 4.78 is 1.06. The van der Waals surface area contributed by atoms with E-state index < -0.39 is 0 Å². The van der Waals surface area contributed by atoms with Gasteiger partial charge in [0.05, 0.1) is 10.3 Å². The van der Waals surface area contributed by atoms with Crippen LogP contribution in [0.25, 0.3) is 0 Å². The monoisotopic (exact) mass is 323 g/mol. The van der Waals surface area contributed by atoms with Crippen molar-refractivity contribution in [3.63, 3.8) is 0 Å². The van der Waals surface area contributed by atoms with E-state index in [0.29, 0.717) is 0 Å². The molecule has 0 fully saturated rings. The van der Waals surface area contributed by atoms with Crippen LogP contribution in [0.15, 0.2) is 52.4 Å². The molecule has 1 heterocycles. The van der Waals surface area contributed by atoms with Crippen LogP contribution >= 0.6 is 27.7 Å². The molecule has 94 valence electrons. The molecular weight excluding hydrogens is 310 g/mol. The first-order valence-electron chi connectivity index (χ1n) is 5.60. The number of nitrogens with two attached hydrogens (primary N) is 1. The van der Waals surface area contributed by atoms with Crippen molar-refractivity contribution in [3.05, 3.63) is 52.9 Å². The lowest BCUT2D eigenvalue weighted by molar-refractivity contribution is 0.719. The molecule has 2 rings (SSSR count). The van der Waals surface area contributed by atoms with Gasteiger partial charge in [-0.1, -0.05) is 39.8 Å². The Bertz CT molecular complexity index is 505. The first kappa shape index (κ1) is 13.5. The van der Waals surface area contributed by atoms with E-state index in [4.69, 9.17) is 5.73 Å². The zero-order chi connectivity index (χ0) is 13.0. The summed E-state index contributed by atoms with van der Waals surface area (Å²) in [5, 5.41) is 1.12. The molecule has 0 radical (unpaired) electrons. The quantitative estimate of drug-likeness (QED) is 0.692. The predicted molar refractivity (Wildman–Crippen MR) is 78.4 cm³/mol. The van der Waals surface area contributed by atoms with Crippen LogP contribution in [0.1, 0.15) is 17.7 Å². The minimum atomic E-state index is 0.0410. The van der Waals surface area contributed by atoms with E-state index in [0.717, 1.165) is 9.50 Å². The second-order valence-corrected chi connectivity index (χ2v) is 6.08. The summed E-state index contributed by atoms with van der Waals surface area (Å²) in [6.45, 7) is 2.01. The standard InChI is InChI=1S/C13H14BrN3S/c1-9(15)13(10-3-2-4-11(14)7-10)18-12-5-6-16-8-17-12/h2-9,13H,15H2,1H3. The highest BCUT2D eigenvalue weighted by Crippen LogP contribution is 2.36. The van der Waals surface area contributed by atoms with Gasteiger partial charge in [0.1, 0.15) is 6.33 Å². The van der Waals surface area contributed by atoms with Crippen LogP contribution in [0.2, 0.25) is 0 Å². The maximum absolute atomic E-state index is 6.09. The molecule has 2 N–H and O–H groups in total. The fraction of sp³-hybridized carbons (Fsp3) is 0.231. The summed E-state index contributed by atoms with van der Waals surface area (Å²) in [6, 6.07) is 10.2. The highest BCUT2D eigenvalue weighted by molar-refractivity contribution is 9.10. The van der Waals surface area contributed by atoms with Crippen LogP contribution in [0.4, 0.5) is 0 Å². The Kier molecular flexibility index (Phi) is 4.74. The molecule has 2 aromatic rings. The van der Waals surface area contributed by atoms with Crippen molar-refractivity contribution in [3.8, 4) is 0 Å². The number of aromatic nitrogens is 2. The molecule has 18 heavy (non-hydrogen) atoms. The average molecular weight is 324 g/mol. The molecular formula is C13H14BrN3S. The summed E-state index contributed by atoms with van der Waals surface area (Å²) >= 11 is 5.15. The van der Waals surface area contributed by atoms with Crippen molar-refractivity contribution in [2.24, 2.45) is 5.73 Å². The molecule has 0 aliphatic rings. The zero-order valence-electron chi connectivity index (χ0n) is 9.95. The van der Waals surface area contributed by atoms with E-state index in [2.05, 4.69) is 38.0 Å². The average Bonchev–Trinajstić information content (AvgIpc) is 2.37. The van der Waals surface area contributed by atoms with Crippen molar-refractivity contribution in [2.45, 2.75) is 23.2 Å². The Morgan fingerprint density at radius 1 is 1.33 bits per heavy atom. The maximum Gasteiger partial charge on any atom is 0.116 e. The Balaban J connectivity index is 2.24. The minimum Gasteiger partial charge on any atom is -0.327 e. The van der Waals surface area contributed by atoms with Gasteiger partial charge in [-0.3, -0.25) is 0 Å². The van der Waals surface area contributed by atoms with Crippen LogP contribution in [0.5, 0.6) is 0 Å². The van der Waals surface area contributed by atoms with Gasteiger partial charge < -0.3 is 5.73 Å². The SMILES string of the molecule is CC(N)C(Sc1ccncn1)c1cccc(Br)c1. The summed E-state index contributed by atoms with van der Waals surface area (Å²) in [5.74, 6) is 0. The second kappa shape index (κ2) is 6.31. The Hall–Kier alpha value is -0.910. The van der Waals surface area contributed by atoms with Crippen molar-refractivity contribution in [2.75, 3.05) is 0 Å². The number of rotatable bonds is 4. The lowest BCUT2D eigenvalue weighted by Gasteiger charge is -2.20. The molecule has 1 aromatic heterocycles. The number of hydrogen-bond acceptors (Lipinski definition) is 4. The van der Waals surface area contributed by atoms with Crippen molar-refractivity contribution in [1.29, 1.82) is 0 Å². The van der Waals surface area contributed by atoms with Crippen molar-refractivity contribution >= 4 is 27.7 Å². The normalized spacial score (nSPS) is 14.2. The van der Waals surface area contributed by atoms with Crippen molar-refractivity contribution in [1.82, 2.24) is 9.97 Å². The third-order valence-corrected chi connectivity index (χ3v) is 4.39. The topological polar surface area (TPSA) is 51.8 Å². The first-order chi connectivity index (χ1) is 8.66. The lowest BCUT2D eigenvalue weighted by Crippen LogP contribution is -2.22. The van der Waals surface area contributed by atoms with Gasteiger partial charge in [-0.05, 0) is 30.7 Å². The van der Waals surface area contributed by atoms with Gasteiger partial charge in [-0.2, -0.15) is 0 Å². The zero-order valence-corrected chi connectivity index (χ0v) is 12.4. The molecule has 0 saturated heterocycles. The van der Waals surface area contributed by atoms with E-state index in [9.17, 15) is 0 Å². The van der Waals surface area contributed by atoms with Gasteiger partial charge in [-0.15, -0.1) is 0 Å². The second-order valence-electron chi connectivity index (χ2n) is 4.00. The highest BCUT2D eigenvalue weighted by Gasteiger charge is 2.18. The number of benzene rings is 1. The molecule has 0 spiro atoms. The van der Waals surface area contributed by atoms with E-state index in [-0.39, 0.29) is 11.3 Å². The maximum atomic E-state index is 6.09. The Morgan fingerprint density at radius 3 is 2.78 bits per heavy atom. The van der Waals surface area contributed by atoms with Gasteiger partial charge in [0.15, 0.2) is 0 Å². The third-order valence-electron chi connectivity index (χ3n) is 2.46. The largest absolute Gasteiger partial charge is 0.327 e. The summed E-state index contributed by atoms with van der Waals surface area (Å²) in [4.78, 5) is 8.15. The number of halogens is 1. The Labute approximate surface area is 119 Å². The highest BCUT2D eigenvalue weighted by atomic mass is 79.9. The summed E-state index contributed by atoms with van der Waals surface area (Å²) in [5.41, 5.74) is 7.28. The molecule has 3 nitrogen and oxygen atoms in total. The van der Waals surface area contributed by atoms with Gasteiger partial charge in [0.2, 0.25) is 0 Å². The molecule has 0 bridgehead atoms. The van der Waals surface area contributed by atoms with Gasteiger partial charge >= 0.3 is 0 Å². The third kappa shape index (κ3) is 3.54. The van der Waals surface area contributed by atoms with Gasteiger partial charge in [-0.25, -0.2) is 9.97 Å². The van der Waals surface area contributed by atoms with E-state index in [1.54, 1.807) is 24.3 Å². The van der Waals surface area contributed by atoms with Gasteiger partial charge in [0, 0.05) is 16.7 Å². The van der Waals surface area contributed by atoms with Crippen LogP contribution in [0.3, 0.4) is 0 Å². The van der Waals surface area contributed by atoms with Crippen LogP contribution in [-0.4, -0.2) is 16.0 Å². The molecule has 0 saturated carbocycles. The van der Waals surface area contributed by atoms with Crippen LogP contribution < -0.4 is 5.73 Å². The van der Waals surface area contributed by atoms with Gasteiger partial charge in [0.25, 0.3) is 0 Å². The van der Waals surface area contributed by atoms with Crippen molar-refractivity contribution < 1.29 is 0 Å². The molecule has 0 aliphatic carbocycles. The first-order valence-corrected chi connectivity index (χ1v) is 7.28. The van der Waals surface area contributed by atoms with Crippen LogP contribution in [-0.2, 0) is 0 Å². The molecule has 2 unspecified atom stereocenters. The minimum absolute atomic E-state index is 0.0410. The lowest BCUT2D eigenvalue weighted by atomic mass is 10.1. The molecule has 2 atom stereocenters. The fourth-order valence-electron chi connectivity index (χ4n) is 1.64. The molecule has 0 amide bonds. The molecule has 0 aliphatic heterocycles. The van der Waals surface area contributed by atoms with Crippen LogP contribution in [0, 0.1) is 0 Å². The number of hydrogen-bond donors (Lipinski definition) is 1. The molecule has 1 aromatic carbocycles. The summed E-state index contributed by atoms with van der Waals surface area (Å²) in [7, 11) is 0. The Morgan fingerprint density at radius 2 is 2.17 bits per heavy atom. The van der Waals surface area contributed by atoms with E-state index in [1.165, 1.54) is 5.56 Å². The van der Waals surface area contributed by atoms with E-state index >= 15 is 0 Å². The molecule has 5 heteroatoms. The summed E-state index contributed by atoms with van der Waals surface area (Å²) in [6.07, 6.45) is 3.30. The smallest absolute Gasteiger partial charge is 0.116 e. The number of nitrogens with zero attached hydrogens (tertiary/aromatic N) is 2. The fourth-order valence-corrected chi connectivity index (χ4v) is 3.06.